The third-order valence-electron chi connectivity index (χ3n) is 17.7. The minimum Gasteiger partial charge on any atom is -0.508 e. The van der Waals surface area contributed by atoms with E-state index in [1.54, 1.807) is 46.8 Å². The fourth-order valence-electron chi connectivity index (χ4n) is 11.2. The first-order valence-electron chi connectivity index (χ1n) is 35.7. The van der Waals surface area contributed by atoms with E-state index in [1.807, 2.05) is 46.6 Å². The number of unbranched alkanes of at least 4 members (excludes halogenated alkanes) is 1. The Balaban J connectivity index is 1.53. The number of carboxylic acids is 3. The lowest BCUT2D eigenvalue weighted by molar-refractivity contribution is -0.159. The molecule has 2 unspecified atom stereocenters. The van der Waals surface area contributed by atoms with Crippen LogP contribution in [0.2, 0.25) is 0 Å². The van der Waals surface area contributed by atoms with Crippen LogP contribution >= 0.6 is 32.9 Å². The first-order chi connectivity index (χ1) is 49.7. The van der Waals surface area contributed by atoms with Gasteiger partial charge in [-0.1, -0.05) is 108 Å². The van der Waals surface area contributed by atoms with Gasteiger partial charge in [-0.2, -0.15) is 0 Å². The van der Waals surface area contributed by atoms with Gasteiger partial charge < -0.3 is 82.4 Å². The number of benzene rings is 1. The quantitative estimate of drug-likeness (QED) is 0.0131. The maximum absolute atomic E-state index is 14.8. The normalized spacial score (nSPS) is 16.4. The standard InChI is InChI=1S/C69H111N13O20S3/c1-12-19-56(89)102-38-82(65(95)58(41(7)14-3)78-62(93)51-21-16-18-29-81(51)11)52(39(4)5)35-53(84)64-74-50(37-103-64)61(92)73-46(33-45-22-24-47(83)25-23-45)32-42(8)59(90)79-80-69(100)101-30-31-104-105-36-44(10)71-63(94)57(40(6)13-2)77-60(91)49(34-55(87)88)76-67(98)70-28-17-15-20-43(9)72-68(99)75-48(66(96)97)26-27-54(85)86/h22-25,37,39-44,46,48-49,51-53,57-58,83-84H,12-21,26-36,38H2,1-11H3,(H,71,94)(H,73,92)(H,77,91)(H,78,93)(H,79,90)(H,80,100)(H,85,86)(H,87,88)(H,96,97)(H2,70,76,98)(H2,72,75,99)/t40?,41?,42-,43+,44+,46+,48-,49-,51+,52+,53+,57-,58-/m0/s1. The molecule has 3 rings (SSSR count). The van der Waals surface area contributed by atoms with Crippen molar-refractivity contribution in [3.8, 4) is 5.75 Å². The van der Waals surface area contributed by atoms with Crippen molar-refractivity contribution < 1.29 is 97.3 Å². The number of phenolic OH excluding ortho intramolecular Hbond substituents is 1. The van der Waals surface area contributed by atoms with Gasteiger partial charge in [0.1, 0.15) is 53.3 Å². The maximum atomic E-state index is 14.8. The second-order valence-corrected chi connectivity index (χ2v) is 30.4. The number of phenols is 1. The SMILES string of the molecule is CCCC(=O)OCN(C(=O)[C@@H](NC(=O)[C@H]1CCCCN1C)C(C)CC)[C@H](C[C@@H](O)c1nc(C(=O)N[C@@H](Cc2ccc(O)cc2)C[C@H](C)C(=O)NNC(=O)OCCSSC[C@@H](C)NC(=O)[C@@H](NC(=O)[C@H](CC(=O)O)NC(=O)NCCCC[C@@H](C)NC(=O)N[C@@H](CCC(=O)O)C(=O)O)C(C)CC)cs1)C(C)C. The number of thiazole rings is 1. The molecule has 0 spiro atoms. The van der Waals surface area contributed by atoms with Crippen molar-refractivity contribution in [1.29, 1.82) is 0 Å². The Labute approximate surface area is 625 Å². The van der Waals surface area contributed by atoms with Crippen molar-refractivity contribution in [2.45, 2.75) is 232 Å². The summed E-state index contributed by atoms with van der Waals surface area (Å²) in [6.45, 7) is 18.2. The fraction of sp³-hybridized carbons (Fsp3) is 0.681. The summed E-state index contributed by atoms with van der Waals surface area (Å²) in [6.07, 6.45) is 1.75. The minimum atomic E-state index is -1.57. The van der Waals surface area contributed by atoms with Gasteiger partial charge in [0, 0.05) is 72.8 Å². The lowest BCUT2D eigenvalue weighted by Gasteiger charge is -2.39. The number of ether oxygens (including phenoxy) is 2. The first-order valence-corrected chi connectivity index (χ1v) is 39.1. The Hall–Kier alpha value is -8.22. The summed E-state index contributed by atoms with van der Waals surface area (Å²) in [5.41, 5.74) is 5.26. The van der Waals surface area contributed by atoms with Gasteiger partial charge in [0.2, 0.25) is 29.5 Å². The van der Waals surface area contributed by atoms with E-state index in [1.165, 1.54) is 44.0 Å². The topological polar surface area (TPSA) is 481 Å². The van der Waals surface area contributed by atoms with Gasteiger partial charge in [-0.25, -0.2) is 29.6 Å². The van der Waals surface area contributed by atoms with Gasteiger partial charge in [-0.05, 0) is 121 Å². The van der Waals surface area contributed by atoms with Crippen LogP contribution < -0.4 is 53.4 Å². The van der Waals surface area contributed by atoms with Crippen LogP contribution in [0.5, 0.6) is 5.75 Å². The van der Waals surface area contributed by atoms with Crippen LogP contribution in [-0.2, 0) is 59.0 Å². The molecule has 0 radical (unpaired) electrons. The number of likely N-dealkylation sites (tertiary alicyclic amines) is 1. The van der Waals surface area contributed by atoms with Gasteiger partial charge in [0.25, 0.3) is 5.91 Å². The number of hydrazine groups is 1. The fourth-order valence-corrected chi connectivity index (χ4v) is 14.1. The molecule has 36 heteroatoms. The summed E-state index contributed by atoms with van der Waals surface area (Å²) < 4.78 is 10.9. The molecule has 13 atom stereocenters. The van der Waals surface area contributed by atoms with Crippen molar-refractivity contribution in [2.75, 3.05) is 45.0 Å². The van der Waals surface area contributed by atoms with E-state index < -0.39 is 163 Å². The molecule has 1 saturated heterocycles. The molecule has 1 aromatic carbocycles. The highest BCUT2D eigenvalue weighted by Crippen LogP contribution is 2.30. The summed E-state index contributed by atoms with van der Waals surface area (Å²) >= 11 is 1.02. The number of esters is 1. The number of nitrogens with zero attached hydrogens (tertiary/aromatic N) is 3. The number of hydrogen-bond acceptors (Lipinski definition) is 22. The molecule has 33 nitrogen and oxygen atoms in total. The molecule has 11 amide bonds. The van der Waals surface area contributed by atoms with Crippen molar-refractivity contribution in [3.63, 3.8) is 0 Å². The summed E-state index contributed by atoms with van der Waals surface area (Å²) in [5, 5.41) is 72.3. The number of aromatic nitrogens is 1. The molecule has 0 saturated carbocycles. The van der Waals surface area contributed by atoms with Crippen molar-refractivity contribution >= 4 is 110 Å². The number of aliphatic carboxylic acids is 3. The number of aliphatic hydroxyl groups is 1. The second-order valence-electron chi connectivity index (χ2n) is 26.9. The smallest absolute Gasteiger partial charge is 0.426 e. The number of carbonyl (C=O) groups is 13. The predicted molar refractivity (Wildman–Crippen MR) is 394 cm³/mol. The third-order valence-corrected chi connectivity index (χ3v) is 21.2. The number of piperidine rings is 1. The highest BCUT2D eigenvalue weighted by atomic mass is 33.1. The van der Waals surface area contributed by atoms with Crippen LogP contribution in [0.25, 0.3) is 0 Å². The number of hydrogen-bond donors (Lipinski definition) is 15. The van der Waals surface area contributed by atoms with E-state index in [-0.39, 0.29) is 79.4 Å². The van der Waals surface area contributed by atoms with E-state index in [0.717, 1.165) is 30.7 Å². The molecule has 1 fully saturated rings. The number of carbonyl (C=O) groups excluding carboxylic acids is 10. The van der Waals surface area contributed by atoms with E-state index >= 15 is 0 Å². The van der Waals surface area contributed by atoms with E-state index in [4.69, 9.17) is 14.6 Å². The molecule has 590 valence electrons. The zero-order valence-corrected chi connectivity index (χ0v) is 64.4. The maximum Gasteiger partial charge on any atom is 0.426 e. The number of nitrogens with one attached hydrogen (secondary N) is 10. The van der Waals surface area contributed by atoms with Crippen LogP contribution in [0.3, 0.4) is 0 Å². The Morgan fingerprint density at radius 2 is 1.38 bits per heavy atom. The summed E-state index contributed by atoms with van der Waals surface area (Å²) in [7, 11) is 4.55. The molecule has 2 heterocycles. The van der Waals surface area contributed by atoms with Crippen LogP contribution in [0, 0.1) is 23.7 Å². The number of rotatable bonds is 47. The number of urea groups is 2. The second kappa shape index (κ2) is 48.1. The molecule has 1 aliphatic rings. The summed E-state index contributed by atoms with van der Waals surface area (Å²) in [6, 6.07) is -3.14. The Morgan fingerprint density at radius 1 is 0.705 bits per heavy atom. The average Bonchev–Trinajstić information content (AvgIpc) is 1.60. The van der Waals surface area contributed by atoms with Gasteiger partial charge in [0.05, 0.1) is 12.5 Å². The molecule has 1 aromatic heterocycles. The highest BCUT2D eigenvalue weighted by molar-refractivity contribution is 8.76. The molecule has 15 N–H and O–H groups in total. The Kier molecular flexibility index (Phi) is 41.7. The van der Waals surface area contributed by atoms with Crippen molar-refractivity contribution in [2.24, 2.45) is 23.7 Å². The minimum absolute atomic E-state index is 0.0161. The van der Waals surface area contributed by atoms with Crippen LogP contribution in [0.1, 0.15) is 193 Å². The molecule has 0 bridgehead atoms. The lowest BCUT2D eigenvalue weighted by atomic mass is 9.92. The lowest BCUT2D eigenvalue weighted by Crippen LogP contribution is -2.59. The van der Waals surface area contributed by atoms with Gasteiger partial charge in [-0.3, -0.25) is 53.5 Å². The molecule has 1 aliphatic heterocycles. The predicted octanol–water partition coefficient (Wildman–Crippen LogP) is 5.30. The first kappa shape index (κ1) is 91.0. The van der Waals surface area contributed by atoms with Gasteiger partial charge in [-0.15, -0.1) is 11.3 Å². The third kappa shape index (κ3) is 34.3. The Morgan fingerprint density at radius 3 is 2.01 bits per heavy atom. The molecule has 105 heavy (non-hydrogen) atoms. The van der Waals surface area contributed by atoms with Gasteiger partial charge in [0.15, 0.2) is 6.73 Å². The molecule has 0 aliphatic carbocycles. The highest BCUT2D eigenvalue weighted by Gasteiger charge is 2.40. The zero-order chi connectivity index (χ0) is 78.5. The molecular weight excluding hydrogens is 1430 g/mol. The monoisotopic (exact) mass is 1540 g/mol. The Bertz CT molecular complexity index is 3150. The van der Waals surface area contributed by atoms with Crippen molar-refractivity contribution in [3.05, 3.63) is 45.9 Å². The van der Waals surface area contributed by atoms with E-state index in [9.17, 15) is 82.8 Å². The largest absolute Gasteiger partial charge is 0.508 e. The molecular formula is C69H111N13O20S3. The van der Waals surface area contributed by atoms with E-state index in [0.29, 0.717) is 62.0 Å². The zero-order valence-electron chi connectivity index (χ0n) is 62.0. The van der Waals surface area contributed by atoms with E-state index in [2.05, 4.69) is 58.4 Å². The number of likely N-dealkylation sites (N-methyl/N-ethyl adjacent to an activating group) is 1. The van der Waals surface area contributed by atoms with Crippen molar-refractivity contribution in [1.82, 2.24) is 68.2 Å². The van der Waals surface area contributed by atoms with Crippen LogP contribution in [-0.4, -0.2) is 217 Å². The van der Waals surface area contributed by atoms with Gasteiger partial charge >= 0.3 is 42.0 Å². The molecule has 2 aromatic rings. The number of aromatic hydroxyl groups is 1. The number of carboxylic acid groups (broad SMARTS) is 3. The number of amides is 11. The van der Waals surface area contributed by atoms with Crippen LogP contribution in [0.4, 0.5) is 14.4 Å². The summed E-state index contributed by atoms with van der Waals surface area (Å²) in [4.78, 5) is 176. The van der Waals surface area contributed by atoms with Crippen LogP contribution in [0.15, 0.2) is 29.6 Å². The summed E-state index contributed by atoms with van der Waals surface area (Å²) in [5.74, 6) is -9.10. The number of aliphatic hydroxyl groups excluding tert-OH is 1. The average molecular weight is 1540 g/mol.